The maximum atomic E-state index is 11.1. The lowest BCUT2D eigenvalue weighted by Crippen LogP contribution is -2.28. The first-order valence-electron chi connectivity index (χ1n) is 18.7. The molecule has 0 fully saturated rings. The molecule has 3 aromatic rings. The number of carbonyl (C=O) groups is 3. The van der Waals surface area contributed by atoms with E-state index in [-0.39, 0.29) is 55.3 Å². The summed E-state index contributed by atoms with van der Waals surface area (Å²) >= 11 is 0. The summed E-state index contributed by atoms with van der Waals surface area (Å²) in [6, 6.07) is 22.8. The summed E-state index contributed by atoms with van der Waals surface area (Å²) < 4.78 is 40.6. The van der Waals surface area contributed by atoms with Crippen molar-refractivity contribution in [1.82, 2.24) is 16.0 Å². The highest BCUT2D eigenvalue weighted by Gasteiger charge is 2.04. The number of para-hydroxylation sites is 3. The SMILES string of the molecule is C.C.C.C=CCOC(=O)NCCO.C=CCOC(=O)NCCOc1ccccc1CC.C=CCOC(=O)NCCOc1ccccc1CN.CCc1ccccc1O.[2H]CF. The first-order valence-corrected chi connectivity index (χ1v) is 18.0. The molecule has 0 saturated heterocycles. The smallest absolute Gasteiger partial charge is 0.407 e. The fourth-order valence-electron chi connectivity index (χ4n) is 3.90. The fourth-order valence-corrected chi connectivity index (χ4v) is 3.90. The van der Waals surface area contributed by atoms with E-state index in [1.807, 2.05) is 73.7 Å². The number of aliphatic hydroxyl groups excluding tert-OH is 1. The second-order valence-corrected chi connectivity index (χ2v) is 10.6. The molecule has 3 aromatic carbocycles. The number of hydrogen-bond acceptors (Lipinski definition) is 11. The number of halogens is 1. The number of phenolic OH excluding ortho intramolecular Hbond substituents is 1. The molecule has 7 N–H and O–H groups in total. The first kappa shape index (κ1) is 60.6. The Morgan fingerprint density at radius 2 is 1.02 bits per heavy atom. The van der Waals surface area contributed by atoms with Gasteiger partial charge < -0.3 is 55.6 Å². The first-order chi connectivity index (χ1) is 28.1. The number of aliphatic hydroxyl groups is 1. The number of carbonyl (C=O) groups excluding carboxylic acids is 3. The Labute approximate surface area is 360 Å². The Morgan fingerprint density at radius 1 is 0.667 bits per heavy atom. The van der Waals surface area contributed by atoms with Gasteiger partial charge in [0.2, 0.25) is 0 Å². The second kappa shape index (κ2) is 45.6. The van der Waals surface area contributed by atoms with E-state index in [1.54, 1.807) is 6.07 Å². The largest absolute Gasteiger partial charge is 0.508 e. The zero-order valence-corrected chi connectivity index (χ0v) is 33.1. The van der Waals surface area contributed by atoms with E-state index < -0.39 is 25.4 Å². The monoisotopic (exact) mass is 850 g/mol. The van der Waals surface area contributed by atoms with Crippen LogP contribution in [0.5, 0.6) is 17.2 Å². The van der Waals surface area contributed by atoms with Crippen LogP contribution in [0.2, 0.25) is 0 Å². The van der Waals surface area contributed by atoms with Crippen LogP contribution in [-0.4, -0.2) is 94.9 Å². The molecule has 0 aliphatic carbocycles. The average Bonchev–Trinajstić information content (AvgIpc) is 3.25. The second-order valence-electron chi connectivity index (χ2n) is 10.6. The summed E-state index contributed by atoms with van der Waals surface area (Å²) in [5, 5.41) is 24.8. The van der Waals surface area contributed by atoms with E-state index in [1.165, 1.54) is 18.2 Å². The number of ether oxygens (including phenoxy) is 5. The molecule has 3 rings (SSSR count). The third kappa shape index (κ3) is 34.0. The molecule has 0 aliphatic heterocycles. The van der Waals surface area contributed by atoms with Gasteiger partial charge in [-0.3, -0.25) is 4.39 Å². The van der Waals surface area contributed by atoms with E-state index >= 15 is 0 Å². The number of aryl methyl sites for hydroxylation is 2. The number of alkyl halides is 1. The summed E-state index contributed by atoms with van der Waals surface area (Å²) in [6.45, 7) is 17.1. The van der Waals surface area contributed by atoms with Crippen molar-refractivity contribution in [2.45, 2.75) is 55.5 Å². The molecule has 0 unspecified atom stereocenters. The minimum atomic E-state index is -1.00. The molecular formula is C45H73FN4O10. The molecule has 0 heterocycles. The summed E-state index contributed by atoms with van der Waals surface area (Å²) in [6.07, 6.45) is 4.85. The van der Waals surface area contributed by atoms with Crippen molar-refractivity contribution in [3.63, 3.8) is 0 Å². The van der Waals surface area contributed by atoms with Crippen molar-refractivity contribution in [3.05, 3.63) is 127 Å². The normalized spacial score (nSPS) is 8.92. The van der Waals surface area contributed by atoms with Crippen molar-refractivity contribution >= 4 is 18.3 Å². The number of nitrogens with two attached hydrogens (primary N) is 1. The number of alkyl carbamates (subject to hydrolysis) is 3. The van der Waals surface area contributed by atoms with Crippen LogP contribution in [0.3, 0.4) is 0 Å². The van der Waals surface area contributed by atoms with Gasteiger partial charge in [0.15, 0.2) is 0 Å². The van der Waals surface area contributed by atoms with Gasteiger partial charge in [-0.05, 0) is 42.2 Å². The molecule has 0 aliphatic rings. The predicted molar refractivity (Wildman–Crippen MR) is 242 cm³/mol. The Bertz CT molecular complexity index is 1480. The highest BCUT2D eigenvalue weighted by molar-refractivity contribution is 5.67. The number of nitrogens with one attached hydrogen (secondary N) is 3. The zero-order valence-electron chi connectivity index (χ0n) is 34.1. The van der Waals surface area contributed by atoms with Gasteiger partial charge in [0, 0.05) is 18.7 Å². The highest BCUT2D eigenvalue weighted by Crippen LogP contribution is 2.18. The molecule has 14 nitrogen and oxygen atoms in total. The third-order valence-electron chi connectivity index (χ3n) is 6.55. The molecule has 0 atom stereocenters. The van der Waals surface area contributed by atoms with Crippen LogP contribution in [0, 0.1) is 0 Å². The van der Waals surface area contributed by atoms with Crippen LogP contribution in [0.4, 0.5) is 18.8 Å². The molecule has 60 heavy (non-hydrogen) atoms. The van der Waals surface area contributed by atoms with Gasteiger partial charge in [-0.15, -0.1) is 0 Å². The molecule has 0 aromatic heterocycles. The van der Waals surface area contributed by atoms with Gasteiger partial charge in [0.25, 0.3) is 0 Å². The van der Waals surface area contributed by atoms with Crippen molar-refractivity contribution in [2.75, 3.05) is 66.4 Å². The summed E-state index contributed by atoms with van der Waals surface area (Å²) in [5.74, 6) is 2.00. The van der Waals surface area contributed by atoms with E-state index in [2.05, 4.69) is 47.3 Å². The van der Waals surface area contributed by atoms with Gasteiger partial charge in [0.1, 0.15) is 50.3 Å². The van der Waals surface area contributed by atoms with Crippen LogP contribution in [-0.2, 0) is 33.6 Å². The van der Waals surface area contributed by atoms with Crippen LogP contribution >= 0.6 is 0 Å². The highest BCUT2D eigenvalue weighted by atomic mass is 19.1. The van der Waals surface area contributed by atoms with Gasteiger partial charge in [0.05, 0.1) is 28.2 Å². The standard InChI is InChI=1S/C14H19NO3.C13H18N2O3.C8H10O.C6H11NO3.CH3F.3CH4/c1-3-10-18-14(16)15-9-11-17-13-8-6-5-7-12(13)4-2;1-2-8-18-13(16)15-7-9-17-12-6-4-3-5-11(12)10-14;1-2-7-5-3-4-6-8(7)9;1-2-5-10-6(9)7-3-4-8;1-2;;;/h3,5-8H,1,4,9-11H2,2H3,(H,15,16);2-6H,1,7-10,14H2,(H,15,16);3-6,9H,2H2,1H3;2,8H,1,3-5H2,(H,7,9);1H3;3*1H4/i;;;;1D;;;. The minimum absolute atomic E-state index is 0. The van der Waals surface area contributed by atoms with Crippen LogP contribution < -0.4 is 31.2 Å². The molecule has 340 valence electrons. The summed E-state index contributed by atoms with van der Waals surface area (Å²) in [7, 11) is -1.00. The van der Waals surface area contributed by atoms with E-state index in [4.69, 9.17) is 36.3 Å². The number of hydrogen-bond donors (Lipinski definition) is 6. The number of aromatic hydroxyl groups is 1. The van der Waals surface area contributed by atoms with Crippen molar-refractivity contribution in [3.8, 4) is 17.2 Å². The molecule has 0 saturated carbocycles. The van der Waals surface area contributed by atoms with Crippen molar-refractivity contribution in [1.29, 1.82) is 0 Å². The Balaban J connectivity index is -0.000000228. The van der Waals surface area contributed by atoms with E-state index in [0.717, 1.165) is 41.0 Å². The van der Waals surface area contributed by atoms with E-state index in [9.17, 15) is 18.8 Å². The molecule has 0 radical (unpaired) electrons. The number of rotatable bonds is 19. The predicted octanol–water partition coefficient (Wildman–Crippen LogP) is 8.32. The van der Waals surface area contributed by atoms with Gasteiger partial charge in [-0.1, -0.05) is 129 Å². The lowest BCUT2D eigenvalue weighted by Gasteiger charge is -2.10. The van der Waals surface area contributed by atoms with Gasteiger partial charge in [-0.2, -0.15) is 0 Å². The summed E-state index contributed by atoms with van der Waals surface area (Å²) in [4.78, 5) is 32.6. The lowest BCUT2D eigenvalue weighted by atomic mass is 10.1. The summed E-state index contributed by atoms with van der Waals surface area (Å²) in [5.41, 5.74) is 8.69. The van der Waals surface area contributed by atoms with Crippen LogP contribution in [0.25, 0.3) is 0 Å². The van der Waals surface area contributed by atoms with Gasteiger partial charge in [-0.25, -0.2) is 14.4 Å². The molecular weight excluding hydrogens is 776 g/mol. The molecule has 15 heteroatoms. The topological polar surface area (TPSA) is 200 Å². The molecule has 3 amide bonds. The number of phenols is 1. The average molecular weight is 850 g/mol. The third-order valence-corrected chi connectivity index (χ3v) is 6.55. The van der Waals surface area contributed by atoms with Gasteiger partial charge >= 0.3 is 18.3 Å². The fraction of sp³-hybridized carbons (Fsp3) is 0.400. The van der Waals surface area contributed by atoms with Crippen LogP contribution in [0.15, 0.2) is 111 Å². The maximum absolute atomic E-state index is 11.1. The lowest BCUT2D eigenvalue weighted by molar-refractivity contribution is 0.154. The number of benzene rings is 3. The minimum Gasteiger partial charge on any atom is -0.508 e. The maximum Gasteiger partial charge on any atom is 0.407 e. The zero-order chi connectivity index (χ0) is 43.7. The Hall–Kier alpha value is -6.06. The van der Waals surface area contributed by atoms with E-state index in [0.29, 0.717) is 38.6 Å². The van der Waals surface area contributed by atoms with Crippen molar-refractivity contribution in [2.24, 2.45) is 5.73 Å². The number of amides is 3. The molecule has 0 bridgehead atoms. The quantitative estimate of drug-likeness (QED) is 0.0385. The van der Waals surface area contributed by atoms with Crippen molar-refractivity contribution < 1.29 is 54.0 Å². The molecule has 0 spiro atoms. The van der Waals surface area contributed by atoms with Crippen LogP contribution in [0.1, 0.15) is 54.2 Å². The Morgan fingerprint density at radius 3 is 1.37 bits per heavy atom. The Kier molecular flexibility index (Phi) is 46.1.